The number of aromatic nitrogens is 3. The smallest absolute Gasteiger partial charge is 0.322 e. The minimum Gasteiger partial charge on any atom is -0.403 e. The maximum atomic E-state index is 13.2. The Morgan fingerprint density at radius 1 is 1.09 bits per heavy atom. The summed E-state index contributed by atoms with van der Waals surface area (Å²) in [6, 6.07) is 11.7. The minimum absolute atomic E-state index is 0.217. The van der Waals surface area contributed by atoms with Crippen LogP contribution >= 0.6 is 22.9 Å². The first-order valence-electron chi connectivity index (χ1n) is 6.60. The van der Waals surface area contributed by atoms with E-state index in [1.54, 1.807) is 30.3 Å². The molecule has 0 radical (unpaired) electrons. The number of benzene rings is 2. The molecule has 0 unspecified atom stereocenters. The molecule has 0 amide bonds. The van der Waals surface area contributed by atoms with Gasteiger partial charge in [-0.2, -0.15) is 0 Å². The number of hydrogen-bond donors (Lipinski definition) is 1. The van der Waals surface area contributed by atoms with Gasteiger partial charge in [-0.25, -0.2) is 9.37 Å². The topological polar surface area (TPSA) is 63.8 Å². The molecule has 8 heteroatoms. The van der Waals surface area contributed by atoms with Crippen LogP contribution in [0.4, 0.5) is 15.5 Å². The summed E-state index contributed by atoms with van der Waals surface area (Å²) in [6.45, 7) is 0. The lowest BCUT2D eigenvalue weighted by Gasteiger charge is -1.95. The molecule has 114 valence electrons. The quantitative estimate of drug-likeness (QED) is 0.572. The molecule has 0 atom stereocenters. The highest BCUT2D eigenvalue weighted by atomic mass is 35.5. The molecule has 0 aliphatic carbocycles. The van der Waals surface area contributed by atoms with Gasteiger partial charge in [-0.15, -0.1) is 5.10 Å². The summed E-state index contributed by atoms with van der Waals surface area (Å²) >= 11 is 7.15. The van der Waals surface area contributed by atoms with Crippen molar-refractivity contribution < 1.29 is 8.81 Å². The Labute approximate surface area is 138 Å². The number of thiazole rings is 1. The summed E-state index contributed by atoms with van der Waals surface area (Å²) in [5.74, 6) is 0.0758. The monoisotopic (exact) mass is 346 g/mol. The molecule has 0 saturated carbocycles. The fraction of sp³-hybridized carbons (Fsp3) is 0. The fourth-order valence-corrected chi connectivity index (χ4v) is 3.03. The summed E-state index contributed by atoms with van der Waals surface area (Å²) in [5.41, 5.74) is 1.47. The van der Waals surface area contributed by atoms with Gasteiger partial charge in [0, 0.05) is 10.6 Å². The van der Waals surface area contributed by atoms with Crippen molar-refractivity contribution in [1.82, 2.24) is 15.2 Å². The fourth-order valence-electron chi connectivity index (χ4n) is 2.03. The molecule has 0 bridgehead atoms. The molecule has 2 aromatic carbocycles. The van der Waals surface area contributed by atoms with Crippen molar-refractivity contribution in [3.05, 3.63) is 53.3 Å². The molecular formula is C15H8ClFN4OS. The average Bonchev–Trinajstić information content (AvgIpc) is 3.14. The van der Waals surface area contributed by atoms with E-state index in [9.17, 15) is 4.39 Å². The van der Waals surface area contributed by atoms with E-state index in [0.717, 1.165) is 10.3 Å². The predicted molar refractivity (Wildman–Crippen MR) is 87.6 cm³/mol. The van der Waals surface area contributed by atoms with Crippen molar-refractivity contribution in [2.45, 2.75) is 0 Å². The van der Waals surface area contributed by atoms with E-state index in [1.165, 1.54) is 23.5 Å². The number of anilines is 2. The van der Waals surface area contributed by atoms with Gasteiger partial charge in [-0.3, -0.25) is 5.32 Å². The van der Waals surface area contributed by atoms with Crippen molar-refractivity contribution in [1.29, 1.82) is 0 Å². The summed E-state index contributed by atoms with van der Waals surface area (Å²) in [7, 11) is 0. The van der Waals surface area contributed by atoms with Crippen LogP contribution in [-0.4, -0.2) is 15.2 Å². The molecular weight excluding hydrogens is 339 g/mol. The highest BCUT2D eigenvalue weighted by Crippen LogP contribution is 2.29. The molecule has 5 nitrogen and oxygen atoms in total. The zero-order valence-corrected chi connectivity index (χ0v) is 13.0. The number of hydrogen-bond acceptors (Lipinski definition) is 6. The molecule has 4 rings (SSSR count). The molecule has 0 saturated heterocycles. The van der Waals surface area contributed by atoms with Crippen LogP contribution in [0.1, 0.15) is 0 Å². The first-order valence-corrected chi connectivity index (χ1v) is 7.79. The molecule has 0 aliphatic rings. The summed E-state index contributed by atoms with van der Waals surface area (Å²) in [4.78, 5) is 4.34. The highest BCUT2D eigenvalue weighted by molar-refractivity contribution is 7.22. The van der Waals surface area contributed by atoms with Crippen LogP contribution in [0.2, 0.25) is 5.02 Å². The Kier molecular flexibility index (Phi) is 3.44. The predicted octanol–water partition coefficient (Wildman–Crippen LogP) is 4.88. The molecule has 4 aromatic rings. The normalized spacial score (nSPS) is 11.0. The lowest BCUT2D eigenvalue weighted by molar-refractivity contribution is 0.587. The SMILES string of the molecule is Fc1ccc2nc(Nc3nnc(-c4ccc(Cl)cc4)o3)sc2c1. The first-order chi connectivity index (χ1) is 11.2. The van der Waals surface area contributed by atoms with Crippen LogP contribution in [0.25, 0.3) is 21.7 Å². The van der Waals surface area contributed by atoms with Gasteiger partial charge >= 0.3 is 6.01 Å². The second-order valence-corrected chi connectivity index (χ2v) is 6.14. The van der Waals surface area contributed by atoms with E-state index in [4.69, 9.17) is 16.0 Å². The summed E-state index contributed by atoms with van der Waals surface area (Å²) in [6.07, 6.45) is 0. The second kappa shape index (κ2) is 5.60. The van der Waals surface area contributed by atoms with Gasteiger partial charge in [0.25, 0.3) is 0 Å². The van der Waals surface area contributed by atoms with Gasteiger partial charge in [0.1, 0.15) is 5.82 Å². The van der Waals surface area contributed by atoms with Crippen LogP contribution in [0, 0.1) is 5.82 Å². The number of nitrogens with zero attached hydrogens (tertiary/aromatic N) is 3. The summed E-state index contributed by atoms with van der Waals surface area (Å²) in [5, 5.41) is 12.0. The third-order valence-corrected chi connectivity index (χ3v) is 4.27. The van der Waals surface area contributed by atoms with Gasteiger partial charge in [0.2, 0.25) is 5.89 Å². The Morgan fingerprint density at radius 2 is 1.91 bits per heavy atom. The average molecular weight is 347 g/mol. The first kappa shape index (κ1) is 14.1. The maximum Gasteiger partial charge on any atom is 0.322 e. The largest absolute Gasteiger partial charge is 0.403 e. The lowest BCUT2D eigenvalue weighted by atomic mass is 10.2. The number of fused-ring (bicyclic) bond motifs is 1. The zero-order valence-electron chi connectivity index (χ0n) is 11.5. The molecule has 0 spiro atoms. The maximum absolute atomic E-state index is 13.2. The van der Waals surface area contributed by atoms with Gasteiger partial charge in [-0.05, 0) is 42.5 Å². The lowest BCUT2D eigenvalue weighted by Crippen LogP contribution is -1.88. The summed E-state index contributed by atoms with van der Waals surface area (Å²) < 4.78 is 19.5. The van der Waals surface area contributed by atoms with E-state index in [0.29, 0.717) is 21.6 Å². The van der Waals surface area contributed by atoms with Crippen LogP contribution in [0.15, 0.2) is 46.9 Å². The van der Waals surface area contributed by atoms with Crippen LogP contribution in [0.3, 0.4) is 0 Å². The molecule has 1 N–H and O–H groups in total. The second-order valence-electron chi connectivity index (χ2n) is 4.68. The Balaban J connectivity index is 1.60. The number of rotatable bonds is 3. The number of nitrogens with one attached hydrogen (secondary N) is 1. The van der Waals surface area contributed by atoms with Crippen molar-refractivity contribution in [2.75, 3.05) is 5.32 Å². The minimum atomic E-state index is -0.296. The van der Waals surface area contributed by atoms with Crippen LogP contribution < -0.4 is 5.32 Å². The van der Waals surface area contributed by atoms with E-state index < -0.39 is 0 Å². The van der Waals surface area contributed by atoms with Crippen molar-refractivity contribution in [3.63, 3.8) is 0 Å². The number of halogens is 2. The zero-order chi connectivity index (χ0) is 15.8. The van der Waals surface area contributed by atoms with Crippen molar-refractivity contribution in [2.24, 2.45) is 0 Å². The van der Waals surface area contributed by atoms with E-state index in [1.807, 2.05) is 0 Å². The molecule has 2 heterocycles. The third-order valence-electron chi connectivity index (χ3n) is 3.08. The molecule has 0 aliphatic heterocycles. The van der Waals surface area contributed by atoms with E-state index >= 15 is 0 Å². The van der Waals surface area contributed by atoms with E-state index in [-0.39, 0.29) is 11.8 Å². The highest BCUT2D eigenvalue weighted by Gasteiger charge is 2.11. The van der Waals surface area contributed by atoms with Gasteiger partial charge in [0.15, 0.2) is 5.13 Å². The molecule has 23 heavy (non-hydrogen) atoms. The Morgan fingerprint density at radius 3 is 2.74 bits per heavy atom. The van der Waals surface area contributed by atoms with Crippen LogP contribution in [-0.2, 0) is 0 Å². The standard InChI is InChI=1S/C15H8ClFN4OS/c16-9-3-1-8(2-4-9)13-20-21-14(22-13)19-15-18-11-6-5-10(17)7-12(11)23-15/h1-7H,(H,18,19,21). The van der Waals surface area contributed by atoms with E-state index in [2.05, 4.69) is 20.5 Å². The Hall–Kier alpha value is -2.51. The molecule has 0 fully saturated rings. The third kappa shape index (κ3) is 2.88. The Bertz CT molecular complexity index is 983. The van der Waals surface area contributed by atoms with Crippen LogP contribution in [0.5, 0.6) is 0 Å². The van der Waals surface area contributed by atoms with Crippen molar-refractivity contribution in [3.8, 4) is 11.5 Å². The van der Waals surface area contributed by atoms with Gasteiger partial charge < -0.3 is 4.42 Å². The van der Waals surface area contributed by atoms with Gasteiger partial charge in [0.05, 0.1) is 10.2 Å². The van der Waals surface area contributed by atoms with Crippen molar-refractivity contribution >= 4 is 44.3 Å². The van der Waals surface area contributed by atoms with Gasteiger partial charge in [-0.1, -0.05) is 28.0 Å². The molecule has 2 aromatic heterocycles.